The normalized spacial score (nSPS) is 11.6. The van der Waals surface area contributed by atoms with Crippen LogP contribution in [0.5, 0.6) is 5.75 Å². The van der Waals surface area contributed by atoms with Crippen LogP contribution in [0.3, 0.4) is 0 Å². The molecule has 30 heavy (non-hydrogen) atoms. The van der Waals surface area contributed by atoms with Gasteiger partial charge in [-0.2, -0.15) is 5.10 Å². The predicted octanol–water partition coefficient (Wildman–Crippen LogP) is 4.72. The molecule has 0 aliphatic heterocycles. The molecule has 1 aromatic carbocycles. The van der Waals surface area contributed by atoms with E-state index in [4.69, 9.17) is 0 Å². The minimum Gasteiger partial charge on any atom is -0.405 e. The number of carbonyl (C=O) groups excluding carboxylic acids is 1. The molecule has 154 valence electrons. The van der Waals surface area contributed by atoms with Gasteiger partial charge in [0.1, 0.15) is 17.1 Å². The molecule has 0 spiro atoms. The molecule has 4 rings (SSSR count). The third kappa shape index (κ3) is 3.84. The largest absolute Gasteiger partial charge is 0.573 e. The number of aromatic nitrogens is 4. The summed E-state index contributed by atoms with van der Waals surface area (Å²) in [7, 11) is 0. The first-order chi connectivity index (χ1) is 14.2. The van der Waals surface area contributed by atoms with Crippen LogP contribution in [0.1, 0.15) is 21.7 Å². The molecule has 0 radical (unpaired) electrons. The Labute approximate surface area is 168 Å². The highest BCUT2D eigenvalue weighted by Crippen LogP contribution is 2.34. The smallest absolute Gasteiger partial charge is 0.405 e. The number of fused-ring (bicyclic) bond motifs is 1. The van der Waals surface area contributed by atoms with Gasteiger partial charge in [-0.15, -0.1) is 13.2 Å². The van der Waals surface area contributed by atoms with E-state index in [1.807, 2.05) is 0 Å². The fraction of sp³-hybridized carbons (Fsp3) is 0.150. The van der Waals surface area contributed by atoms with Crippen LogP contribution in [0, 0.1) is 13.8 Å². The predicted molar refractivity (Wildman–Crippen MR) is 104 cm³/mol. The summed E-state index contributed by atoms with van der Waals surface area (Å²) in [5, 5.41) is 10.0. The molecule has 0 unspecified atom stereocenters. The van der Waals surface area contributed by atoms with Crippen molar-refractivity contribution in [1.29, 1.82) is 0 Å². The molecule has 0 atom stereocenters. The Morgan fingerprint density at radius 2 is 1.93 bits per heavy atom. The number of benzene rings is 1. The third-order valence-corrected chi connectivity index (χ3v) is 4.61. The number of rotatable bonds is 4. The van der Waals surface area contributed by atoms with Gasteiger partial charge in [0.2, 0.25) is 0 Å². The lowest BCUT2D eigenvalue weighted by Gasteiger charge is -2.12. The fourth-order valence-electron chi connectivity index (χ4n) is 3.03. The van der Waals surface area contributed by atoms with Crippen LogP contribution in [0.4, 0.5) is 18.9 Å². The van der Waals surface area contributed by atoms with Crippen molar-refractivity contribution in [2.75, 3.05) is 5.32 Å². The second-order valence-electron chi connectivity index (χ2n) is 6.65. The summed E-state index contributed by atoms with van der Waals surface area (Å²) in [6.45, 7) is 3.58. The van der Waals surface area contributed by atoms with Gasteiger partial charge in [0.15, 0.2) is 0 Å². The van der Waals surface area contributed by atoms with Crippen LogP contribution in [-0.2, 0) is 0 Å². The molecule has 1 amide bonds. The van der Waals surface area contributed by atoms with Gasteiger partial charge in [-0.3, -0.25) is 9.89 Å². The van der Waals surface area contributed by atoms with E-state index in [1.54, 1.807) is 32.0 Å². The van der Waals surface area contributed by atoms with Gasteiger partial charge in [-0.25, -0.2) is 4.98 Å². The lowest BCUT2D eigenvalue weighted by molar-refractivity contribution is -0.274. The number of H-pyrrole nitrogens is 2. The Morgan fingerprint density at radius 1 is 1.17 bits per heavy atom. The van der Waals surface area contributed by atoms with Crippen LogP contribution in [0.15, 0.2) is 42.6 Å². The first kappa shape index (κ1) is 19.5. The molecule has 3 heterocycles. The Kier molecular flexibility index (Phi) is 4.69. The van der Waals surface area contributed by atoms with Gasteiger partial charge in [-0.1, -0.05) is 12.1 Å². The van der Waals surface area contributed by atoms with E-state index < -0.39 is 6.36 Å². The molecule has 4 aromatic rings. The van der Waals surface area contributed by atoms with E-state index in [1.165, 1.54) is 24.4 Å². The molecular formula is C20H16F3N5O2. The minimum absolute atomic E-state index is 0.238. The topological polar surface area (TPSA) is 95.7 Å². The van der Waals surface area contributed by atoms with Gasteiger partial charge in [-0.05, 0) is 38.1 Å². The molecule has 0 saturated heterocycles. The summed E-state index contributed by atoms with van der Waals surface area (Å²) in [6.07, 6.45) is -3.35. The zero-order chi connectivity index (χ0) is 21.5. The summed E-state index contributed by atoms with van der Waals surface area (Å²) < 4.78 is 42.2. The van der Waals surface area contributed by atoms with Crippen molar-refractivity contribution in [3.05, 3.63) is 59.5 Å². The lowest BCUT2D eigenvalue weighted by atomic mass is 10.1. The molecule has 3 aromatic heterocycles. The number of hydrogen-bond donors (Lipinski definition) is 3. The molecule has 0 aliphatic rings. The maximum absolute atomic E-state index is 12.7. The Balaban J connectivity index is 1.64. The van der Waals surface area contributed by atoms with Gasteiger partial charge in [0.05, 0.1) is 23.3 Å². The number of hydrogen-bond acceptors (Lipinski definition) is 4. The third-order valence-electron chi connectivity index (χ3n) is 4.61. The van der Waals surface area contributed by atoms with Crippen molar-refractivity contribution in [2.45, 2.75) is 20.2 Å². The van der Waals surface area contributed by atoms with Crippen LogP contribution >= 0.6 is 0 Å². The summed E-state index contributed by atoms with van der Waals surface area (Å²) in [5.74, 6) is -0.691. The van der Waals surface area contributed by atoms with E-state index in [-0.39, 0.29) is 17.2 Å². The number of halogens is 3. The van der Waals surface area contributed by atoms with E-state index >= 15 is 0 Å². The molecule has 10 heteroatoms. The number of alkyl halides is 3. The lowest BCUT2D eigenvalue weighted by Crippen LogP contribution is -2.17. The first-order valence-electron chi connectivity index (χ1n) is 8.88. The molecule has 0 aliphatic carbocycles. The van der Waals surface area contributed by atoms with Crippen LogP contribution in [-0.4, -0.2) is 32.4 Å². The second kappa shape index (κ2) is 7.21. The SMILES string of the molecule is Cc1n[nH]c(C(=O)Nc2cnc3[nH]c(-c4ccccc4OC(F)(F)F)cc3c2)c1C. The fourth-order valence-corrected chi connectivity index (χ4v) is 3.03. The summed E-state index contributed by atoms with van der Waals surface area (Å²) in [4.78, 5) is 19.7. The number of para-hydroxylation sites is 1. The van der Waals surface area contributed by atoms with Crippen molar-refractivity contribution in [3.63, 3.8) is 0 Å². The number of nitrogens with zero attached hydrogens (tertiary/aromatic N) is 2. The highest BCUT2D eigenvalue weighted by Gasteiger charge is 2.32. The van der Waals surface area contributed by atoms with Crippen LogP contribution in [0.2, 0.25) is 0 Å². The highest BCUT2D eigenvalue weighted by molar-refractivity contribution is 6.04. The monoisotopic (exact) mass is 415 g/mol. The number of amides is 1. The molecule has 0 saturated carbocycles. The Hall–Kier alpha value is -3.82. The summed E-state index contributed by atoms with van der Waals surface area (Å²) in [6, 6.07) is 9.13. The van der Waals surface area contributed by atoms with Gasteiger partial charge in [0.25, 0.3) is 5.91 Å². The minimum atomic E-state index is -4.80. The number of ether oxygens (including phenoxy) is 1. The number of carbonyl (C=O) groups is 1. The quantitative estimate of drug-likeness (QED) is 0.449. The van der Waals surface area contributed by atoms with E-state index in [0.29, 0.717) is 28.1 Å². The number of pyridine rings is 1. The zero-order valence-corrected chi connectivity index (χ0v) is 15.9. The van der Waals surface area contributed by atoms with Crippen molar-refractivity contribution in [2.24, 2.45) is 0 Å². The van der Waals surface area contributed by atoms with E-state index in [9.17, 15) is 18.0 Å². The Morgan fingerprint density at radius 3 is 2.63 bits per heavy atom. The molecule has 0 fully saturated rings. The van der Waals surface area contributed by atoms with E-state index in [2.05, 4.69) is 30.2 Å². The number of aryl methyl sites for hydroxylation is 1. The number of aromatic amines is 2. The molecule has 0 bridgehead atoms. The summed E-state index contributed by atoms with van der Waals surface area (Å²) in [5.41, 5.74) is 3.35. The van der Waals surface area contributed by atoms with Crippen LogP contribution < -0.4 is 10.1 Å². The average Bonchev–Trinajstić information content (AvgIpc) is 3.24. The Bertz CT molecular complexity index is 1240. The highest BCUT2D eigenvalue weighted by atomic mass is 19.4. The van der Waals surface area contributed by atoms with Crippen molar-refractivity contribution < 1.29 is 22.7 Å². The van der Waals surface area contributed by atoms with Gasteiger partial charge in [0, 0.05) is 16.5 Å². The van der Waals surface area contributed by atoms with Gasteiger partial charge >= 0.3 is 6.36 Å². The molecule has 3 N–H and O–H groups in total. The van der Waals surface area contributed by atoms with Crippen molar-refractivity contribution in [3.8, 4) is 17.0 Å². The second-order valence-corrected chi connectivity index (χ2v) is 6.65. The average molecular weight is 415 g/mol. The maximum atomic E-state index is 12.7. The van der Waals surface area contributed by atoms with Crippen molar-refractivity contribution >= 4 is 22.6 Å². The van der Waals surface area contributed by atoms with Crippen LogP contribution in [0.25, 0.3) is 22.3 Å². The molecular weight excluding hydrogens is 399 g/mol. The maximum Gasteiger partial charge on any atom is 0.573 e. The first-order valence-corrected chi connectivity index (χ1v) is 8.88. The van der Waals surface area contributed by atoms with Gasteiger partial charge < -0.3 is 15.0 Å². The number of nitrogens with one attached hydrogen (secondary N) is 3. The number of anilines is 1. The standard InChI is InChI=1S/C20H16F3N5O2/c1-10-11(2)27-28-17(10)19(29)25-13-7-12-8-15(26-18(12)24-9-13)14-5-3-4-6-16(14)30-20(21,22)23/h3-9H,1-2H3,(H,24,26)(H,25,29)(H,27,28). The zero-order valence-electron chi connectivity index (χ0n) is 15.9. The van der Waals surface area contributed by atoms with Crippen molar-refractivity contribution in [1.82, 2.24) is 20.2 Å². The molecule has 7 nitrogen and oxygen atoms in total. The summed E-state index contributed by atoms with van der Waals surface area (Å²) >= 11 is 0. The van der Waals surface area contributed by atoms with E-state index in [0.717, 1.165) is 11.3 Å².